The summed E-state index contributed by atoms with van der Waals surface area (Å²) in [6, 6.07) is 0.538. The van der Waals surface area contributed by atoms with Gasteiger partial charge in [-0.2, -0.15) is 0 Å². The van der Waals surface area contributed by atoms with E-state index in [1.165, 1.54) is 13.0 Å². The summed E-state index contributed by atoms with van der Waals surface area (Å²) in [4.78, 5) is 13.9. The van der Waals surface area contributed by atoms with E-state index in [-0.39, 0.29) is 5.41 Å². The van der Waals surface area contributed by atoms with Gasteiger partial charge in [-0.25, -0.2) is 0 Å². The van der Waals surface area contributed by atoms with Crippen LogP contribution in [0.1, 0.15) is 33.1 Å². The molecule has 74 valence electrons. The van der Waals surface area contributed by atoms with Crippen molar-refractivity contribution in [2.45, 2.75) is 39.2 Å². The largest absolute Gasteiger partial charge is 0.303 e. The Morgan fingerprint density at radius 3 is 2.85 bits per heavy atom. The molecule has 1 aliphatic carbocycles. The first kappa shape index (κ1) is 9.20. The summed E-state index contributed by atoms with van der Waals surface area (Å²) in [5.41, 5.74) is 0.241. The third-order valence-electron chi connectivity index (χ3n) is 3.92. The van der Waals surface area contributed by atoms with E-state index in [2.05, 4.69) is 25.8 Å². The van der Waals surface area contributed by atoms with Crippen LogP contribution in [0.2, 0.25) is 0 Å². The van der Waals surface area contributed by atoms with Gasteiger partial charge in [0.1, 0.15) is 5.78 Å². The summed E-state index contributed by atoms with van der Waals surface area (Å²) in [7, 11) is 2.15. The Labute approximate surface area is 80.3 Å². The van der Waals surface area contributed by atoms with E-state index >= 15 is 0 Å². The normalized spacial score (nSPS) is 39.2. The van der Waals surface area contributed by atoms with Crippen molar-refractivity contribution in [1.29, 1.82) is 0 Å². The van der Waals surface area contributed by atoms with Gasteiger partial charge in [0.2, 0.25) is 0 Å². The summed E-state index contributed by atoms with van der Waals surface area (Å²) in [6.45, 7) is 5.67. The lowest BCUT2D eigenvalue weighted by Crippen LogP contribution is -2.44. The Morgan fingerprint density at radius 1 is 1.46 bits per heavy atom. The van der Waals surface area contributed by atoms with Gasteiger partial charge in [-0.1, -0.05) is 13.8 Å². The smallest absolute Gasteiger partial charge is 0.135 e. The predicted molar refractivity (Wildman–Crippen MR) is 52.5 cm³/mol. The van der Waals surface area contributed by atoms with Crippen molar-refractivity contribution in [2.75, 3.05) is 13.6 Å². The predicted octanol–water partition coefficient (Wildman–Crippen LogP) is 1.70. The van der Waals surface area contributed by atoms with Gasteiger partial charge in [0.15, 0.2) is 0 Å². The average molecular weight is 181 g/mol. The van der Waals surface area contributed by atoms with Crippen LogP contribution in [0.3, 0.4) is 0 Å². The summed E-state index contributed by atoms with van der Waals surface area (Å²) in [6.07, 6.45) is 2.87. The van der Waals surface area contributed by atoms with E-state index in [0.29, 0.717) is 11.8 Å². The van der Waals surface area contributed by atoms with Crippen LogP contribution < -0.4 is 0 Å². The van der Waals surface area contributed by atoms with Gasteiger partial charge in [-0.3, -0.25) is 4.79 Å². The van der Waals surface area contributed by atoms with Crippen molar-refractivity contribution in [3.63, 3.8) is 0 Å². The SMILES string of the molecule is CN1CCC2C1CC(=O)CC2(C)C. The molecule has 0 N–H and O–H groups in total. The van der Waals surface area contributed by atoms with Crippen molar-refractivity contribution in [1.82, 2.24) is 4.90 Å². The van der Waals surface area contributed by atoms with Gasteiger partial charge in [-0.15, -0.1) is 0 Å². The molecule has 0 aromatic carbocycles. The molecule has 0 spiro atoms. The maximum atomic E-state index is 11.5. The second-order valence-electron chi connectivity index (χ2n) is 5.35. The van der Waals surface area contributed by atoms with E-state index < -0.39 is 0 Å². The Hall–Kier alpha value is -0.370. The fourth-order valence-corrected chi connectivity index (χ4v) is 3.16. The van der Waals surface area contributed by atoms with Crippen LogP contribution in [0, 0.1) is 11.3 Å². The molecule has 2 atom stereocenters. The molecule has 0 amide bonds. The van der Waals surface area contributed by atoms with Crippen LogP contribution in [-0.2, 0) is 4.79 Å². The van der Waals surface area contributed by atoms with Gasteiger partial charge in [-0.05, 0) is 31.3 Å². The van der Waals surface area contributed by atoms with Crippen LogP contribution in [0.25, 0.3) is 0 Å². The van der Waals surface area contributed by atoms with Crippen LogP contribution >= 0.6 is 0 Å². The van der Waals surface area contributed by atoms with Crippen LogP contribution in [0.15, 0.2) is 0 Å². The quantitative estimate of drug-likeness (QED) is 0.567. The number of likely N-dealkylation sites (tertiary alicyclic amines) is 1. The average Bonchev–Trinajstić information content (AvgIpc) is 2.31. The van der Waals surface area contributed by atoms with E-state index in [0.717, 1.165) is 18.8 Å². The number of fused-ring (bicyclic) bond motifs is 1. The van der Waals surface area contributed by atoms with Gasteiger partial charge < -0.3 is 4.90 Å². The molecule has 1 saturated heterocycles. The van der Waals surface area contributed by atoms with E-state index in [9.17, 15) is 4.79 Å². The number of carbonyl (C=O) groups is 1. The molecule has 0 aromatic rings. The lowest BCUT2D eigenvalue weighted by Gasteiger charge is -2.41. The number of hydrogen-bond donors (Lipinski definition) is 0. The number of Topliss-reactive ketones (excluding diaryl/α,β-unsaturated/α-hetero) is 1. The maximum Gasteiger partial charge on any atom is 0.135 e. The summed E-state index contributed by atoms with van der Waals surface area (Å²) in [5, 5.41) is 0. The first-order valence-corrected chi connectivity index (χ1v) is 5.22. The molecule has 2 nitrogen and oxygen atoms in total. The maximum absolute atomic E-state index is 11.5. The van der Waals surface area contributed by atoms with Gasteiger partial charge >= 0.3 is 0 Å². The highest BCUT2D eigenvalue weighted by Crippen LogP contribution is 2.45. The molecule has 2 fully saturated rings. The molecular formula is C11H19NO. The molecule has 2 aliphatic rings. The van der Waals surface area contributed by atoms with Gasteiger partial charge in [0.05, 0.1) is 0 Å². The number of carbonyl (C=O) groups excluding carboxylic acids is 1. The number of rotatable bonds is 0. The fourth-order valence-electron chi connectivity index (χ4n) is 3.16. The Kier molecular flexibility index (Phi) is 1.99. The molecule has 2 unspecified atom stereocenters. The zero-order valence-electron chi connectivity index (χ0n) is 8.84. The van der Waals surface area contributed by atoms with Crippen molar-refractivity contribution in [3.8, 4) is 0 Å². The highest BCUT2D eigenvalue weighted by atomic mass is 16.1. The third-order valence-corrected chi connectivity index (χ3v) is 3.92. The van der Waals surface area contributed by atoms with E-state index in [4.69, 9.17) is 0 Å². The molecule has 0 radical (unpaired) electrons. The van der Waals surface area contributed by atoms with Crippen molar-refractivity contribution in [2.24, 2.45) is 11.3 Å². The van der Waals surface area contributed by atoms with Crippen LogP contribution in [0.4, 0.5) is 0 Å². The topological polar surface area (TPSA) is 20.3 Å². The minimum Gasteiger partial charge on any atom is -0.303 e. The zero-order chi connectivity index (χ0) is 9.64. The first-order chi connectivity index (χ1) is 6.00. The molecule has 2 heteroatoms. The summed E-state index contributed by atoms with van der Waals surface area (Å²) >= 11 is 0. The summed E-state index contributed by atoms with van der Waals surface area (Å²) in [5.74, 6) is 1.20. The van der Waals surface area contributed by atoms with E-state index in [1.54, 1.807) is 0 Å². The fraction of sp³-hybridized carbons (Fsp3) is 0.909. The lowest BCUT2D eigenvalue weighted by atomic mass is 9.66. The minimum atomic E-state index is 0.241. The second-order valence-corrected chi connectivity index (χ2v) is 5.35. The molecule has 0 aromatic heterocycles. The monoisotopic (exact) mass is 181 g/mol. The van der Waals surface area contributed by atoms with Crippen molar-refractivity contribution < 1.29 is 4.79 Å². The van der Waals surface area contributed by atoms with Gasteiger partial charge in [0.25, 0.3) is 0 Å². The number of ketones is 1. The van der Waals surface area contributed by atoms with Crippen LogP contribution in [-0.4, -0.2) is 30.3 Å². The van der Waals surface area contributed by atoms with Gasteiger partial charge in [0, 0.05) is 18.9 Å². The Balaban J connectivity index is 2.23. The molecule has 13 heavy (non-hydrogen) atoms. The molecule has 1 aliphatic heterocycles. The molecule has 0 bridgehead atoms. The molecule has 1 heterocycles. The minimum absolute atomic E-state index is 0.241. The second kappa shape index (κ2) is 2.81. The summed E-state index contributed by atoms with van der Waals surface area (Å²) < 4.78 is 0. The highest BCUT2D eigenvalue weighted by molar-refractivity contribution is 5.80. The highest BCUT2D eigenvalue weighted by Gasteiger charge is 2.46. The third kappa shape index (κ3) is 1.41. The number of hydrogen-bond acceptors (Lipinski definition) is 2. The molecular weight excluding hydrogens is 162 g/mol. The van der Waals surface area contributed by atoms with Crippen molar-refractivity contribution >= 4 is 5.78 Å². The van der Waals surface area contributed by atoms with Crippen molar-refractivity contribution in [3.05, 3.63) is 0 Å². The standard InChI is InChI=1S/C11H19NO/c1-11(2)7-8(13)6-10-9(11)4-5-12(10)3/h9-10H,4-7H2,1-3H3. The Bertz CT molecular complexity index is 234. The molecule has 1 saturated carbocycles. The van der Waals surface area contributed by atoms with Crippen LogP contribution in [0.5, 0.6) is 0 Å². The molecule has 2 rings (SSSR count). The zero-order valence-corrected chi connectivity index (χ0v) is 8.84. The lowest BCUT2D eigenvalue weighted by molar-refractivity contribution is -0.126. The van der Waals surface area contributed by atoms with E-state index in [1.807, 2.05) is 0 Å². The number of nitrogens with zero attached hydrogens (tertiary/aromatic N) is 1. The Morgan fingerprint density at radius 2 is 2.15 bits per heavy atom. The first-order valence-electron chi connectivity index (χ1n) is 5.22.